The lowest BCUT2D eigenvalue weighted by Crippen LogP contribution is -2.26. The number of rotatable bonds is 5. The highest BCUT2D eigenvalue weighted by molar-refractivity contribution is 5.92. The van der Waals surface area contributed by atoms with Crippen molar-refractivity contribution >= 4 is 11.6 Å². The van der Waals surface area contributed by atoms with Crippen molar-refractivity contribution in [1.29, 1.82) is 0 Å². The van der Waals surface area contributed by atoms with Gasteiger partial charge in [-0.25, -0.2) is 4.39 Å². The first-order chi connectivity index (χ1) is 12.1. The van der Waals surface area contributed by atoms with E-state index in [-0.39, 0.29) is 29.4 Å². The molecule has 0 saturated heterocycles. The van der Waals surface area contributed by atoms with Crippen molar-refractivity contribution in [2.75, 3.05) is 5.32 Å². The summed E-state index contributed by atoms with van der Waals surface area (Å²) in [5.74, 6) is -0.569. The Morgan fingerprint density at radius 2 is 1.64 bits per heavy atom. The fourth-order valence-corrected chi connectivity index (χ4v) is 2.52. The van der Waals surface area contributed by atoms with Gasteiger partial charge in [-0.3, -0.25) is 9.59 Å². The molecule has 3 aromatic rings. The lowest BCUT2D eigenvalue weighted by atomic mass is 10.1. The molecule has 0 bridgehead atoms. The minimum Gasteiger partial charge on any atom is -0.321 e. The summed E-state index contributed by atoms with van der Waals surface area (Å²) in [4.78, 5) is 24.6. The second kappa shape index (κ2) is 7.57. The van der Waals surface area contributed by atoms with E-state index in [4.69, 9.17) is 0 Å². The van der Waals surface area contributed by atoms with Crippen LogP contribution in [0.2, 0.25) is 0 Å². The number of pyridine rings is 1. The number of halogens is 1. The number of hydrogen-bond acceptors (Lipinski definition) is 2. The Morgan fingerprint density at radius 3 is 2.36 bits per heavy atom. The van der Waals surface area contributed by atoms with Crippen LogP contribution < -0.4 is 10.9 Å². The van der Waals surface area contributed by atoms with Crippen LogP contribution >= 0.6 is 0 Å². The molecule has 3 rings (SSSR count). The van der Waals surface area contributed by atoms with Crippen molar-refractivity contribution in [2.24, 2.45) is 0 Å². The van der Waals surface area contributed by atoms with Crippen LogP contribution in [0.15, 0.2) is 77.7 Å². The molecule has 0 spiro atoms. The Balaban J connectivity index is 1.73. The minimum atomic E-state index is -0.321. The third kappa shape index (κ3) is 4.41. The largest absolute Gasteiger partial charge is 0.321 e. The second-order valence-corrected chi connectivity index (χ2v) is 5.69. The Hall–Kier alpha value is -3.21. The lowest BCUT2D eigenvalue weighted by Gasteiger charge is -2.09. The van der Waals surface area contributed by atoms with Crippen LogP contribution in [0.5, 0.6) is 0 Å². The second-order valence-electron chi connectivity index (χ2n) is 5.69. The molecule has 1 N–H and O–H groups in total. The zero-order chi connectivity index (χ0) is 17.6. The van der Waals surface area contributed by atoms with Gasteiger partial charge in [-0.15, -0.1) is 0 Å². The van der Waals surface area contributed by atoms with Crippen LogP contribution in [-0.2, 0) is 17.8 Å². The monoisotopic (exact) mass is 336 g/mol. The standard InChI is InChI=1S/C20H17FN2O2/c21-17-10-8-16(9-11-17)14-23-12-4-7-18(20(23)25)22-19(24)13-15-5-2-1-3-6-15/h1-12H,13-14H2,(H,22,24). The summed E-state index contributed by atoms with van der Waals surface area (Å²) in [7, 11) is 0. The van der Waals surface area contributed by atoms with E-state index < -0.39 is 0 Å². The van der Waals surface area contributed by atoms with E-state index in [0.717, 1.165) is 11.1 Å². The predicted octanol–water partition coefficient (Wildman–Crippen LogP) is 3.22. The third-order valence-electron chi connectivity index (χ3n) is 3.77. The highest BCUT2D eigenvalue weighted by Crippen LogP contribution is 2.07. The summed E-state index contributed by atoms with van der Waals surface area (Å²) in [6.07, 6.45) is 1.84. The van der Waals surface area contributed by atoms with Crippen LogP contribution in [-0.4, -0.2) is 10.5 Å². The number of aromatic nitrogens is 1. The molecule has 1 aromatic heterocycles. The van der Waals surface area contributed by atoms with E-state index in [9.17, 15) is 14.0 Å². The van der Waals surface area contributed by atoms with E-state index in [0.29, 0.717) is 6.54 Å². The van der Waals surface area contributed by atoms with Gasteiger partial charge in [0.2, 0.25) is 5.91 Å². The molecule has 1 heterocycles. The van der Waals surface area contributed by atoms with Crippen molar-refractivity contribution in [2.45, 2.75) is 13.0 Å². The molecule has 5 heteroatoms. The van der Waals surface area contributed by atoms with Crippen molar-refractivity contribution in [3.05, 3.63) is 100 Å². The van der Waals surface area contributed by atoms with Crippen molar-refractivity contribution < 1.29 is 9.18 Å². The number of anilines is 1. The van der Waals surface area contributed by atoms with Crippen LogP contribution in [0.1, 0.15) is 11.1 Å². The third-order valence-corrected chi connectivity index (χ3v) is 3.77. The average Bonchev–Trinajstić information content (AvgIpc) is 2.61. The summed E-state index contributed by atoms with van der Waals surface area (Å²) in [6, 6.07) is 18.6. The van der Waals surface area contributed by atoms with E-state index in [1.807, 2.05) is 30.3 Å². The molecule has 4 nitrogen and oxygen atoms in total. The SMILES string of the molecule is O=C(Cc1ccccc1)Nc1cccn(Cc2ccc(F)cc2)c1=O. The first-order valence-electron chi connectivity index (χ1n) is 7.89. The van der Waals surface area contributed by atoms with Gasteiger partial charge < -0.3 is 9.88 Å². The van der Waals surface area contributed by atoms with Crippen LogP contribution in [0.25, 0.3) is 0 Å². The number of hydrogen-bond donors (Lipinski definition) is 1. The van der Waals surface area contributed by atoms with Gasteiger partial charge in [-0.1, -0.05) is 42.5 Å². The molecule has 126 valence electrons. The molecule has 1 amide bonds. The summed E-state index contributed by atoms with van der Waals surface area (Å²) in [6.45, 7) is 0.307. The maximum absolute atomic E-state index is 13.0. The maximum Gasteiger partial charge on any atom is 0.274 e. The van der Waals surface area contributed by atoms with Crippen LogP contribution in [0, 0.1) is 5.82 Å². The molecule has 0 saturated carbocycles. The minimum absolute atomic E-state index is 0.202. The first kappa shape index (κ1) is 16.6. The summed E-state index contributed by atoms with van der Waals surface area (Å²) < 4.78 is 14.5. The molecule has 0 atom stereocenters. The number of nitrogens with zero attached hydrogens (tertiary/aromatic N) is 1. The summed E-state index contributed by atoms with van der Waals surface area (Å²) in [5.41, 5.74) is 1.61. The van der Waals surface area contributed by atoms with Crippen LogP contribution in [0.4, 0.5) is 10.1 Å². The van der Waals surface area contributed by atoms with Crippen LogP contribution in [0.3, 0.4) is 0 Å². The quantitative estimate of drug-likeness (QED) is 0.778. The number of benzene rings is 2. The van der Waals surface area contributed by atoms with Gasteiger partial charge in [-0.2, -0.15) is 0 Å². The van der Waals surface area contributed by atoms with Crippen molar-refractivity contribution in [3.63, 3.8) is 0 Å². The van der Waals surface area contributed by atoms with E-state index in [1.54, 1.807) is 30.5 Å². The number of nitrogens with one attached hydrogen (secondary N) is 1. The number of carbonyl (C=O) groups is 1. The zero-order valence-electron chi connectivity index (χ0n) is 13.5. The van der Waals surface area contributed by atoms with E-state index >= 15 is 0 Å². The average molecular weight is 336 g/mol. The molecule has 0 aliphatic carbocycles. The first-order valence-corrected chi connectivity index (χ1v) is 7.89. The van der Waals surface area contributed by atoms with Gasteiger partial charge in [-0.05, 0) is 35.4 Å². The smallest absolute Gasteiger partial charge is 0.274 e. The van der Waals surface area contributed by atoms with Gasteiger partial charge in [0.1, 0.15) is 11.5 Å². The Bertz CT molecular complexity index is 918. The Morgan fingerprint density at radius 1 is 0.920 bits per heavy atom. The van der Waals surface area contributed by atoms with Gasteiger partial charge in [0, 0.05) is 6.20 Å². The van der Waals surface area contributed by atoms with Gasteiger partial charge >= 0.3 is 0 Å². The maximum atomic E-state index is 13.0. The summed E-state index contributed by atoms with van der Waals surface area (Å²) in [5, 5.41) is 2.66. The van der Waals surface area contributed by atoms with Gasteiger partial charge in [0.25, 0.3) is 5.56 Å². The summed E-state index contributed by atoms with van der Waals surface area (Å²) >= 11 is 0. The highest BCUT2D eigenvalue weighted by atomic mass is 19.1. The molecule has 0 fully saturated rings. The topological polar surface area (TPSA) is 51.1 Å². The van der Waals surface area contributed by atoms with Gasteiger partial charge in [0.15, 0.2) is 0 Å². The molecule has 2 aromatic carbocycles. The van der Waals surface area contributed by atoms with Crippen molar-refractivity contribution in [3.8, 4) is 0 Å². The molecule has 0 aliphatic rings. The zero-order valence-corrected chi connectivity index (χ0v) is 13.5. The number of amides is 1. The highest BCUT2D eigenvalue weighted by Gasteiger charge is 2.09. The molecule has 0 aliphatic heterocycles. The van der Waals surface area contributed by atoms with E-state index in [1.165, 1.54) is 16.7 Å². The molecular formula is C20H17FN2O2. The lowest BCUT2D eigenvalue weighted by molar-refractivity contribution is -0.115. The molecule has 0 unspecified atom stereocenters. The van der Waals surface area contributed by atoms with E-state index in [2.05, 4.69) is 5.32 Å². The fourth-order valence-electron chi connectivity index (χ4n) is 2.52. The Kier molecular flexibility index (Phi) is 5.04. The predicted molar refractivity (Wildman–Crippen MR) is 95.0 cm³/mol. The molecule has 0 radical (unpaired) electrons. The molecular weight excluding hydrogens is 319 g/mol. The Labute approximate surface area is 144 Å². The molecule has 25 heavy (non-hydrogen) atoms. The fraction of sp³-hybridized carbons (Fsp3) is 0.100. The number of carbonyl (C=O) groups excluding carboxylic acids is 1. The van der Waals surface area contributed by atoms with Gasteiger partial charge in [0.05, 0.1) is 13.0 Å². The van der Waals surface area contributed by atoms with Crippen molar-refractivity contribution in [1.82, 2.24) is 4.57 Å². The normalized spacial score (nSPS) is 10.4.